The zero-order valence-electron chi connectivity index (χ0n) is 10.8. The van der Waals surface area contributed by atoms with Gasteiger partial charge in [0.25, 0.3) is 0 Å². The quantitative estimate of drug-likeness (QED) is 0.766. The van der Waals surface area contributed by atoms with Crippen molar-refractivity contribution in [3.8, 4) is 0 Å². The van der Waals surface area contributed by atoms with E-state index in [2.05, 4.69) is 10.3 Å². The van der Waals surface area contributed by atoms with E-state index in [0.29, 0.717) is 0 Å². The average molecular weight is 256 g/mol. The molecule has 0 radical (unpaired) electrons. The molecule has 0 spiro atoms. The summed E-state index contributed by atoms with van der Waals surface area (Å²) in [4.78, 5) is 14.7. The summed E-state index contributed by atoms with van der Waals surface area (Å²) in [5, 5.41) is 21.8. The molecule has 1 heterocycles. The Kier molecular flexibility index (Phi) is 3.62. The molecule has 0 bridgehead atoms. The maximum atomic E-state index is 13.0. The number of carbonyl (C=O) groups is 1. The third-order valence-corrected chi connectivity index (χ3v) is 3.05. The molecular formula is C12H17FN2O3. The molecule has 0 fully saturated rings. The SMILES string of the molecule is CC(C)(O)C(C)(C)Nc1ncc(F)cc1C(=O)O. The van der Waals surface area contributed by atoms with Crippen LogP contribution in [0.2, 0.25) is 0 Å². The van der Waals surface area contributed by atoms with Crippen molar-refractivity contribution in [3.63, 3.8) is 0 Å². The first-order valence-corrected chi connectivity index (χ1v) is 5.44. The lowest BCUT2D eigenvalue weighted by Gasteiger charge is -2.38. The number of aliphatic hydroxyl groups is 1. The molecule has 18 heavy (non-hydrogen) atoms. The first kappa shape index (κ1) is 14.4. The van der Waals surface area contributed by atoms with Crippen LogP contribution in [0.3, 0.4) is 0 Å². The van der Waals surface area contributed by atoms with Crippen molar-refractivity contribution >= 4 is 11.8 Å². The summed E-state index contributed by atoms with van der Waals surface area (Å²) in [5.41, 5.74) is -2.21. The molecule has 1 aromatic rings. The number of halogens is 1. The van der Waals surface area contributed by atoms with Gasteiger partial charge in [-0.2, -0.15) is 0 Å². The van der Waals surface area contributed by atoms with Crippen LogP contribution in [0, 0.1) is 5.82 Å². The minimum atomic E-state index is -1.28. The highest BCUT2D eigenvalue weighted by atomic mass is 19.1. The van der Waals surface area contributed by atoms with Gasteiger partial charge in [-0.25, -0.2) is 14.2 Å². The van der Waals surface area contributed by atoms with Crippen LogP contribution in [-0.4, -0.2) is 32.3 Å². The van der Waals surface area contributed by atoms with Gasteiger partial charge in [-0.3, -0.25) is 0 Å². The summed E-state index contributed by atoms with van der Waals surface area (Å²) in [6.07, 6.45) is 0.926. The Labute approximate surface area is 105 Å². The number of aromatic nitrogens is 1. The molecule has 100 valence electrons. The minimum Gasteiger partial charge on any atom is -0.478 e. The zero-order valence-corrected chi connectivity index (χ0v) is 10.8. The van der Waals surface area contributed by atoms with Gasteiger partial charge in [0.05, 0.1) is 17.3 Å². The molecule has 6 heteroatoms. The zero-order chi connectivity index (χ0) is 14.1. The highest BCUT2D eigenvalue weighted by Crippen LogP contribution is 2.26. The van der Waals surface area contributed by atoms with Gasteiger partial charge < -0.3 is 15.5 Å². The normalized spacial score (nSPS) is 12.3. The number of hydrogen-bond acceptors (Lipinski definition) is 4. The van der Waals surface area contributed by atoms with Crippen LogP contribution in [0.1, 0.15) is 38.1 Å². The minimum absolute atomic E-state index is 0.0241. The van der Waals surface area contributed by atoms with Gasteiger partial charge >= 0.3 is 5.97 Å². The molecule has 3 N–H and O–H groups in total. The van der Waals surface area contributed by atoms with Crippen LogP contribution in [-0.2, 0) is 0 Å². The third-order valence-electron chi connectivity index (χ3n) is 3.05. The molecule has 0 unspecified atom stereocenters. The largest absolute Gasteiger partial charge is 0.478 e. The lowest BCUT2D eigenvalue weighted by atomic mass is 9.86. The summed E-state index contributed by atoms with van der Waals surface area (Å²) in [6, 6.07) is 0.887. The molecule has 5 nitrogen and oxygen atoms in total. The standard InChI is InChI=1S/C12H17FN2O3/c1-11(2,12(3,4)18)15-9-8(10(16)17)5-7(13)6-14-9/h5-6,18H,1-4H3,(H,14,15)(H,16,17). The predicted octanol–water partition coefficient (Wildman–Crippen LogP) is 1.88. The Morgan fingerprint density at radius 3 is 2.39 bits per heavy atom. The van der Waals surface area contributed by atoms with E-state index >= 15 is 0 Å². The van der Waals surface area contributed by atoms with E-state index in [0.717, 1.165) is 12.3 Å². The second-order valence-electron chi connectivity index (χ2n) is 5.16. The summed E-state index contributed by atoms with van der Waals surface area (Å²) < 4.78 is 13.0. The second kappa shape index (κ2) is 4.53. The number of carboxylic acid groups (broad SMARTS) is 1. The van der Waals surface area contributed by atoms with Gasteiger partial charge in [0.15, 0.2) is 0 Å². The number of nitrogens with one attached hydrogen (secondary N) is 1. The van der Waals surface area contributed by atoms with Gasteiger partial charge in [-0.15, -0.1) is 0 Å². The van der Waals surface area contributed by atoms with Crippen LogP contribution < -0.4 is 5.32 Å². The summed E-state index contributed by atoms with van der Waals surface area (Å²) in [6.45, 7) is 6.57. The van der Waals surface area contributed by atoms with E-state index in [1.54, 1.807) is 27.7 Å². The van der Waals surface area contributed by atoms with Crippen molar-refractivity contribution in [3.05, 3.63) is 23.6 Å². The number of nitrogens with zero attached hydrogens (tertiary/aromatic N) is 1. The van der Waals surface area contributed by atoms with Crippen LogP contribution in [0.15, 0.2) is 12.3 Å². The number of rotatable bonds is 4. The topological polar surface area (TPSA) is 82.5 Å². The molecule has 0 aromatic carbocycles. The van der Waals surface area contributed by atoms with E-state index in [-0.39, 0.29) is 11.4 Å². The Morgan fingerprint density at radius 1 is 1.39 bits per heavy atom. The number of pyridine rings is 1. The first-order valence-electron chi connectivity index (χ1n) is 5.44. The van der Waals surface area contributed by atoms with E-state index in [4.69, 9.17) is 5.11 Å². The van der Waals surface area contributed by atoms with Crippen LogP contribution in [0.4, 0.5) is 10.2 Å². The fourth-order valence-corrected chi connectivity index (χ4v) is 1.15. The van der Waals surface area contributed by atoms with Crippen molar-refractivity contribution in [2.75, 3.05) is 5.32 Å². The van der Waals surface area contributed by atoms with E-state index in [1.807, 2.05) is 0 Å². The first-order chi connectivity index (χ1) is 8.04. The Bertz CT molecular complexity index is 467. The van der Waals surface area contributed by atoms with Gasteiger partial charge in [0, 0.05) is 0 Å². The highest BCUT2D eigenvalue weighted by molar-refractivity contribution is 5.93. The second-order valence-corrected chi connectivity index (χ2v) is 5.16. The average Bonchev–Trinajstić information content (AvgIpc) is 2.18. The number of carboxylic acids is 1. The van der Waals surface area contributed by atoms with Gasteiger partial charge in [-0.05, 0) is 33.8 Å². The predicted molar refractivity (Wildman–Crippen MR) is 65.2 cm³/mol. The van der Waals surface area contributed by atoms with E-state index in [1.165, 1.54) is 0 Å². The van der Waals surface area contributed by atoms with Gasteiger partial charge in [0.2, 0.25) is 0 Å². The Morgan fingerprint density at radius 2 is 1.94 bits per heavy atom. The lowest BCUT2D eigenvalue weighted by molar-refractivity contribution is 0.0237. The lowest BCUT2D eigenvalue weighted by Crippen LogP contribution is -2.51. The molecule has 0 aliphatic carbocycles. The Balaban J connectivity index is 3.16. The third kappa shape index (κ3) is 2.95. The fraction of sp³-hybridized carbons (Fsp3) is 0.500. The molecule has 0 saturated heterocycles. The summed E-state index contributed by atoms with van der Waals surface area (Å²) >= 11 is 0. The van der Waals surface area contributed by atoms with Crippen LogP contribution in [0.25, 0.3) is 0 Å². The monoisotopic (exact) mass is 256 g/mol. The molecule has 0 atom stereocenters. The molecule has 0 aliphatic rings. The van der Waals surface area contributed by atoms with E-state index < -0.39 is 22.9 Å². The van der Waals surface area contributed by atoms with Crippen molar-refractivity contribution in [1.29, 1.82) is 0 Å². The summed E-state index contributed by atoms with van der Waals surface area (Å²) in [5.74, 6) is -1.98. The molecule has 0 aliphatic heterocycles. The molecule has 1 aromatic heterocycles. The maximum Gasteiger partial charge on any atom is 0.339 e. The Hall–Kier alpha value is -1.69. The summed E-state index contributed by atoms with van der Waals surface area (Å²) in [7, 11) is 0. The molecule has 0 amide bonds. The molecule has 0 saturated carbocycles. The van der Waals surface area contributed by atoms with Crippen molar-refractivity contribution in [2.45, 2.75) is 38.8 Å². The molecule has 1 rings (SSSR count). The van der Waals surface area contributed by atoms with Crippen LogP contribution >= 0.6 is 0 Å². The van der Waals surface area contributed by atoms with Crippen molar-refractivity contribution in [1.82, 2.24) is 4.98 Å². The number of hydrogen-bond donors (Lipinski definition) is 3. The van der Waals surface area contributed by atoms with E-state index in [9.17, 15) is 14.3 Å². The fourth-order valence-electron chi connectivity index (χ4n) is 1.15. The van der Waals surface area contributed by atoms with Crippen LogP contribution in [0.5, 0.6) is 0 Å². The smallest absolute Gasteiger partial charge is 0.339 e. The number of aromatic carboxylic acids is 1. The van der Waals surface area contributed by atoms with Gasteiger partial charge in [-0.1, -0.05) is 0 Å². The molecular weight excluding hydrogens is 239 g/mol. The highest BCUT2D eigenvalue weighted by Gasteiger charge is 2.36. The van der Waals surface area contributed by atoms with Crippen molar-refractivity contribution in [2.24, 2.45) is 0 Å². The number of anilines is 1. The maximum absolute atomic E-state index is 13.0. The van der Waals surface area contributed by atoms with Gasteiger partial charge in [0.1, 0.15) is 17.2 Å². The van der Waals surface area contributed by atoms with Crippen molar-refractivity contribution < 1.29 is 19.4 Å².